The van der Waals surface area contributed by atoms with Gasteiger partial charge in [-0.3, -0.25) is 4.79 Å². The third kappa shape index (κ3) is 4.89. The fourth-order valence-corrected chi connectivity index (χ4v) is 1.49. The van der Waals surface area contributed by atoms with Crippen LogP contribution in [0.3, 0.4) is 0 Å². The van der Waals surface area contributed by atoms with Gasteiger partial charge in [0.2, 0.25) is 5.91 Å². The molecule has 0 saturated carbocycles. The largest absolute Gasteiger partial charge is 0.548 e. The van der Waals surface area contributed by atoms with Crippen molar-refractivity contribution in [1.82, 2.24) is 5.32 Å². The summed E-state index contributed by atoms with van der Waals surface area (Å²) in [4.78, 5) is 21.2. The first kappa shape index (κ1) is 13.5. The molecule has 1 aromatic rings. The highest BCUT2D eigenvalue weighted by molar-refractivity contribution is 6.35. The highest BCUT2D eigenvalue weighted by Crippen LogP contribution is 2.21. The van der Waals surface area contributed by atoms with E-state index >= 15 is 0 Å². The Morgan fingerprint density at radius 3 is 2.65 bits per heavy atom. The number of aliphatic carboxylic acids is 1. The molecule has 0 spiro atoms. The molecule has 6 heteroatoms. The maximum absolute atomic E-state index is 11.1. The molecule has 0 atom stereocenters. The smallest absolute Gasteiger partial charge is 0.244 e. The molecule has 1 N–H and O–H groups in total. The predicted octanol–water partition coefficient (Wildman–Crippen LogP) is 0.873. The lowest BCUT2D eigenvalue weighted by Gasteiger charge is -2.02. The van der Waals surface area contributed by atoms with E-state index in [0.29, 0.717) is 15.6 Å². The van der Waals surface area contributed by atoms with Gasteiger partial charge in [0.15, 0.2) is 0 Å². The van der Waals surface area contributed by atoms with E-state index < -0.39 is 18.4 Å². The summed E-state index contributed by atoms with van der Waals surface area (Å²) in [5.74, 6) is -1.89. The van der Waals surface area contributed by atoms with Crippen molar-refractivity contribution in [2.24, 2.45) is 0 Å². The molecule has 0 saturated heterocycles. The topological polar surface area (TPSA) is 69.2 Å². The first-order valence-electron chi connectivity index (χ1n) is 4.60. The number of benzene rings is 1. The van der Waals surface area contributed by atoms with Crippen LogP contribution in [0.2, 0.25) is 10.0 Å². The minimum atomic E-state index is -1.35. The number of hydrogen-bond acceptors (Lipinski definition) is 3. The third-order valence-electron chi connectivity index (χ3n) is 1.78. The maximum atomic E-state index is 11.1. The van der Waals surface area contributed by atoms with Crippen LogP contribution in [0.15, 0.2) is 24.3 Å². The molecule has 0 bridgehead atoms. The predicted molar refractivity (Wildman–Crippen MR) is 63.5 cm³/mol. The Labute approximate surface area is 108 Å². The summed E-state index contributed by atoms with van der Waals surface area (Å²) in [6.45, 7) is -0.530. The van der Waals surface area contributed by atoms with Crippen LogP contribution in [-0.4, -0.2) is 18.4 Å². The van der Waals surface area contributed by atoms with Gasteiger partial charge in [0.05, 0.1) is 12.5 Å². The quantitative estimate of drug-likeness (QED) is 0.828. The molecule has 0 radical (unpaired) electrons. The van der Waals surface area contributed by atoms with Crippen LogP contribution in [-0.2, 0) is 9.59 Å². The van der Waals surface area contributed by atoms with Gasteiger partial charge in [-0.1, -0.05) is 29.3 Å². The Balaban J connectivity index is 2.64. The fraction of sp³-hybridized carbons (Fsp3) is 0.0909. The van der Waals surface area contributed by atoms with Crippen molar-refractivity contribution in [1.29, 1.82) is 0 Å². The number of carboxylic acids is 1. The van der Waals surface area contributed by atoms with Crippen LogP contribution in [0.5, 0.6) is 0 Å². The van der Waals surface area contributed by atoms with Gasteiger partial charge in [0, 0.05) is 16.1 Å². The highest BCUT2D eigenvalue weighted by Gasteiger charge is 1.99. The molecule has 1 amide bonds. The van der Waals surface area contributed by atoms with Crippen LogP contribution in [0, 0.1) is 0 Å². The lowest BCUT2D eigenvalue weighted by atomic mass is 10.2. The average molecular weight is 273 g/mol. The van der Waals surface area contributed by atoms with Crippen LogP contribution in [0.25, 0.3) is 6.08 Å². The normalized spacial score (nSPS) is 10.5. The van der Waals surface area contributed by atoms with Crippen LogP contribution >= 0.6 is 23.2 Å². The summed E-state index contributed by atoms with van der Waals surface area (Å²) in [7, 11) is 0. The average Bonchev–Trinajstić information content (AvgIpc) is 2.25. The molecule has 0 unspecified atom stereocenters. The van der Waals surface area contributed by atoms with E-state index in [-0.39, 0.29) is 0 Å². The second-order valence-electron chi connectivity index (χ2n) is 3.09. The van der Waals surface area contributed by atoms with Gasteiger partial charge in [-0.05, 0) is 23.8 Å². The number of nitrogens with one attached hydrogen (secondary N) is 1. The molecule has 0 aliphatic rings. The van der Waals surface area contributed by atoms with Crippen molar-refractivity contribution < 1.29 is 14.7 Å². The van der Waals surface area contributed by atoms with E-state index in [2.05, 4.69) is 5.32 Å². The molecule has 0 aromatic heterocycles. The Bertz CT molecular complexity index is 472. The Morgan fingerprint density at radius 1 is 1.35 bits per heavy atom. The minimum Gasteiger partial charge on any atom is -0.548 e. The van der Waals surface area contributed by atoms with E-state index in [1.165, 1.54) is 12.2 Å². The first-order valence-corrected chi connectivity index (χ1v) is 5.35. The Hall–Kier alpha value is -1.52. The molecule has 0 heterocycles. The Morgan fingerprint density at radius 2 is 2.06 bits per heavy atom. The van der Waals surface area contributed by atoms with Crippen molar-refractivity contribution in [3.05, 3.63) is 39.9 Å². The number of halogens is 2. The third-order valence-corrected chi connectivity index (χ3v) is 2.35. The number of rotatable bonds is 4. The van der Waals surface area contributed by atoms with Crippen molar-refractivity contribution in [2.75, 3.05) is 6.54 Å². The fourth-order valence-electron chi connectivity index (χ4n) is 1.02. The molecule has 0 aliphatic heterocycles. The zero-order valence-corrected chi connectivity index (χ0v) is 10.1. The molecule has 0 aliphatic carbocycles. The number of carbonyl (C=O) groups excluding carboxylic acids is 2. The first-order chi connectivity index (χ1) is 7.99. The molecule has 4 nitrogen and oxygen atoms in total. The van der Waals surface area contributed by atoms with Crippen molar-refractivity contribution >= 4 is 41.2 Å². The zero-order valence-electron chi connectivity index (χ0n) is 8.57. The molecule has 90 valence electrons. The van der Waals surface area contributed by atoms with Gasteiger partial charge in [0.25, 0.3) is 0 Å². The molecule has 0 fully saturated rings. The molecular formula is C11H8Cl2NO3-. The van der Waals surface area contributed by atoms with Crippen molar-refractivity contribution in [3.8, 4) is 0 Å². The lowest BCUT2D eigenvalue weighted by molar-refractivity contribution is -0.303. The number of hydrogen-bond donors (Lipinski definition) is 1. The summed E-state index contributed by atoms with van der Waals surface area (Å²) >= 11 is 11.6. The summed E-state index contributed by atoms with van der Waals surface area (Å²) in [6, 6.07) is 4.82. The second kappa shape index (κ2) is 6.27. The number of carbonyl (C=O) groups is 2. The molecule has 1 rings (SSSR count). The zero-order chi connectivity index (χ0) is 12.8. The monoisotopic (exact) mass is 272 g/mol. The van der Waals surface area contributed by atoms with E-state index in [1.807, 2.05) is 0 Å². The van der Waals surface area contributed by atoms with E-state index in [4.69, 9.17) is 23.2 Å². The van der Waals surface area contributed by atoms with Crippen LogP contribution in [0.4, 0.5) is 0 Å². The van der Waals surface area contributed by atoms with Crippen molar-refractivity contribution in [3.63, 3.8) is 0 Å². The SMILES string of the molecule is O=C([O-])CNC(=O)C=Cc1ccc(Cl)cc1Cl. The second-order valence-corrected chi connectivity index (χ2v) is 3.93. The van der Waals surface area contributed by atoms with Gasteiger partial charge in [0.1, 0.15) is 0 Å². The van der Waals surface area contributed by atoms with Gasteiger partial charge < -0.3 is 15.2 Å². The molecule has 1 aromatic carbocycles. The summed E-state index contributed by atoms with van der Waals surface area (Å²) < 4.78 is 0. The molecule has 17 heavy (non-hydrogen) atoms. The maximum Gasteiger partial charge on any atom is 0.244 e. The van der Waals surface area contributed by atoms with E-state index in [9.17, 15) is 14.7 Å². The van der Waals surface area contributed by atoms with Gasteiger partial charge >= 0.3 is 0 Å². The minimum absolute atomic E-state index is 0.404. The number of carboxylic acid groups (broad SMARTS) is 1. The van der Waals surface area contributed by atoms with Crippen LogP contribution < -0.4 is 10.4 Å². The van der Waals surface area contributed by atoms with E-state index in [1.54, 1.807) is 18.2 Å². The Kier molecular flexibility index (Phi) is 5.00. The standard InChI is InChI=1S/C11H9Cl2NO3/c12-8-3-1-7(9(13)5-8)2-4-10(15)14-6-11(16)17/h1-5H,6H2,(H,14,15)(H,16,17)/p-1. The summed E-state index contributed by atoms with van der Waals surface area (Å²) in [5, 5.41) is 13.1. The van der Waals surface area contributed by atoms with Gasteiger partial charge in [-0.2, -0.15) is 0 Å². The van der Waals surface area contributed by atoms with Gasteiger partial charge in [-0.15, -0.1) is 0 Å². The lowest BCUT2D eigenvalue weighted by Crippen LogP contribution is -2.36. The van der Waals surface area contributed by atoms with Gasteiger partial charge in [-0.25, -0.2) is 0 Å². The summed E-state index contributed by atoms with van der Waals surface area (Å²) in [6.07, 6.45) is 2.64. The molecular weight excluding hydrogens is 265 g/mol. The highest BCUT2D eigenvalue weighted by atomic mass is 35.5. The van der Waals surface area contributed by atoms with Crippen molar-refractivity contribution in [2.45, 2.75) is 0 Å². The summed E-state index contributed by atoms with van der Waals surface area (Å²) in [5.41, 5.74) is 0.611. The van der Waals surface area contributed by atoms with E-state index in [0.717, 1.165) is 0 Å². The van der Waals surface area contributed by atoms with Crippen LogP contribution in [0.1, 0.15) is 5.56 Å². The number of amides is 1.